The second-order valence-corrected chi connectivity index (χ2v) is 9.43. The van der Waals surface area contributed by atoms with Crippen LogP contribution in [0, 0.1) is 0 Å². The van der Waals surface area contributed by atoms with E-state index in [1.165, 1.54) is 6.92 Å². The van der Waals surface area contributed by atoms with Crippen molar-refractivity contribution in [3.63, 3.8) is 0 Å². The van der Waals surface area contributed by atoms with Crippen molar-refractivity contribution >= 4 is 46.9 Å². The first-order valence-electron chi connectivity index (χ1n) is 9.20. The number of amides is 1. The Morgan fingerprint density at radius 1 is 1.03 bits per heavy atom. The number of carbonyl (C=O) groups excluding carboxylic acids is 2. The summed E-state index contributed by atoms with van der Waals surface area (Å²) in [5, 5.41) is 12.1. The molecule has 160 valence electrons. The SMILES string of the molecule is C[C@@H](O)[C@H](NC(=O)OCC1c2ccccc2-c2ccccc21)C(=O)OCC(Cl)(Cl)Cl. The predicted octanol–water partition coefficient (Wildman–Crippen LogP) is 4.19. The summed E-state index contributed by atoms with van der Waals surface area (Å²) in [7, 11) is 0. The van der Waals surface area contributed by atoms with Gasteiger partial charge in [-0.2, -0.15) is 0 Å². The lowest BCUT2D eigenvalue weighted by molar-refractivity contribution is -0.148. The monoisotopic (exact) mass is 471 g/mol. The van der Waals surface area contributed by atoms with Crippen molar-refractivity contribution in [3.8, 4) is 11.1 Å². The van der Waals surface area contributed by atoms with E-state index < -0.39 is 34.6 Å². The molecule has 0 fully saturated rings. The summed E-state index contributed by atoms with van der Waals surface area (Å²) >= 11 is 16.7. The first-order valence-corrected chi connectivity index (χ1v) is 10.3. The minimum Gasteiger partial charge on any atom is -0.460 e. The van der Waals surface area contributed by atoms with Gasteiger partial charge in [0.1, 0.15) is 13.2 Å². The number of ether oxygens (including phenoxy) is 2. The molecule has 0 heterocycles. The lowest BCUT2D eigenvalue weighted by atomic mass is 9.98. The maximum Gasteiger partial charge on any atom is 0.407 e. The van der Waals surface area contributed by atoms with Gasteiger partial charge in [0.05, 0.1) is 6.10 Å². The van der Waals surface area contributed by atoms with E-state index in [-0.39, 0.29) is 12.5 Å². The van der Waals surface area contributed by atoms with E-state index in [9.17, 15) is 14.7 Å². The zero-order chi connectivity index (χ0) is 21.9. The predicted molar refractivity (Wildman–Crippen MR) is 115 cm³/mol. The number of nitrogens with one attached hydrogen (secondary N) is 1. The third-order valence-electron chi connectivity index (χ3n) is 4.73. The molecule has 6 nitrogen and oxygen atoms in total. The average molecular weight is 473 g/mol. The van der Waals surface area contributed by atoms with Crippen molar-refractivity contribution < 1.29 is 24.2 Å². The van der Waals surface area contributed by atoms with Crippen LogP contribution in [0.25, 0.3) is 11.1 Å². The minimum atomic E-state index is -1.80. The third kappa shape index (κ3) is 5.38. The number of halogens is 3. The fourth-order valence-electron chi connectivity index (χ4n) is 3.39. The van der Waals surface area contributed by atoms with E-state index in [1.807, 2.05) is 48.5 Å². The van der Waals surface area contributed by atoms with Crippen LogP contribution < -0.4 is 5.32 Å². The van der Waals surface area contributed by atoms with Crippen molar-refractivity contribution in [2.45, 2.75) is 28.8 Å². The first-order chi connectivity index (χ1) is 14.2. The number of benzene rings is 2. The lowest BCUT2D eigenvalue weighted by Crippen LogP contribution is -2.49. The fraction of sp³-hybridized carbons (Fsp3) is 0.333. The summed E-state index contributed by atoms with van der Waals surface area (Å²) in [4.78, 5) is 24.4. The van der Waals surface area contributed by atoms with Crippen LogP contribution in [-0.2, 0) is 14.3 Å². The standard InChI is InChI=1S/C21H20Cl3NO5/c1-12(26)18(19(27)30-11-21(22,23)24)25-20(28)29-10-17-15-8-4-2-6-13(15)14-7-3-5-9-16(14)17/h2-9,12,17-18,26H,10-11H2,1H3,(H,25,28)/t12-,18+/m1/s1. The third-order valence-corrected chi connectivity index (χ3v) is 5.06. The van der Waals surface area contributed by atoms with E-state index in [2.05, 4.69) is 5.32 Å². The van der Waals surface area contributed by atoms with Crippen LogP contribution >= 0.6 is 34.8 Å². The Morgan fingerprint density at radius 2 is 1.57 bits per heavy atom. The molecule has 3 rings (SSSR count). The van der Waals surface area contributed by atoms with Gasteiger partial charge in [0.25, 0.3) is 0 Å². The molecular weight excluding hydrogens is 453 g/mol. The first kappa shape index (κ1) is 22.7. The van der Waals surface area contributed by atoms with Gasteiger partial charge in [-0.05, 0) is 29.2 Å². The number of rotatable bonds is 6. The Morgan fingerprint density at radius 3 is 2.07 bits per heavy atom. The molecule has 0 unspecified atom stereocenters. The van der Waals surface area contributed by atoms with Crippen LogP contribution in [0.2, 0.25) is 0 Å². The number of hydrogen-bond donors (Lipinski definition) is 2. The largest absolute Gasteiger partial charge is 0.460 e. The molecule has 1 amide bonds. The zero-order valence-corrected chi connectivity index (χ0v) is 18.2. The summed E-state index contributed by atoms with van der Waals surface area (Å²) in [6, 6.07) is 14.5. The molecule has 2 aromatic carbocycles. The number of aliphatic hydroxyl groups is 1. The second kappa shape index (κ2) is 9.43. The molecule has 30 heavy (non-hydrogen) atoms. The summed E-state index contributed by atoms with van der Waals surface area (Å²) < 4.78 is 8.40. The number of fused-ring (bicyclic) bond motifs is 3. The molecule has 0 bridgehead atoms. The van der Waals surface area contributed by atoms with Gasteiger partial charge in [-0.25, -0.2) is 9.59 Å². The van der Waals surface area contributed by atoms with Gasteiger partial charge in [-0.1, -0.05) is 83.3 Å². The molecule has 2 atom stereocenters. The number of alkyl carbamates (subject to hydrolysis) is 1. The van der Waals surface area contributed by atoms with Crippen LogP contribution in [0.4, 0.5) is 4.79 Å². The Kier molecular flexibility index (Phi) is 7.14. The van der Waals surface area contributed by atoms with Gasteiger partial charge in [0.2, 0.25) is 3.79 Å². The van der Waals surface area contributed by atoms with Crippen molar-refractivity contribution in [2.75, 3.05) is 13.2 Å². The molecule has 1 aliphatic rings. The summed E-state index contributed by atoms with van der Waals surface area (Å²) in [6.45, 7) is 0.868. The molecule has 2 aromatic rings. The topological polar surface area (TPSA) is 84.9 Å². The van der Waals surface area contributed by atoms with E-state index >= 15 is 0 Å². The van der Waals surface area contributed by atoms with Crippen LogP contribution in [0.3, 0.4) is 0 Å². The number of alkyl halides is 3. The van der Waals surface area contributed by atoms with Crippen LogP contribution in [-0.4, -0.2) is 46.3 Å². The van der Waals surface area contributed by atoms with Crippen LogP contribution in [0.15, 0.2) is 48.5 Å². The summed E-state index contributed by atoms with van der Waals surface area (Å²) in [5.41, 5.74) is 4.31. The van der Waals surface area contributed by atoms with Gasteiger partial charge >= 0.3 is 12.1 Å². The Bertz CT molecular complexity index is 883. The Balaban J connectivity index is 1.64. The van der Waals surface area contributed by atoms with Gasteiger partial charge in [0.15, 0.2) is 6.04 Å². The number of hydrogen-bond acceptors (Lipinski definition) is 5. The maximum absolute atomic E-state index is 12.3. The van der Waals surface area contributed by atoms with Gasteiger partial charge in [0, 0.05) is 5.92 Å². The van der Waals surface area contributed by atoms with E-state index in [4.69, 9.17) is 44.3 Å². The molecule has 0 aromatic heterocycles. The highest BCUT2D eigenvalue weighted by Crippen LogP contribution is 2.44. The summed E-state index contributed by atoms with van der Waals surface area (Å²) in [5.74, 6) is -1.07. The number of aliphatic hydroxyl groups excluding tert-OH is 1. The molecule has 1 aliphatic carbocycles. The van der Waals surface area contributed by atoms with E-state index in [0.29, 0.717) is 0 Å². The highest BCUT2D eigenvalue weighted by molar-refractivity contribution is 6.67. The average Bonchev–Trinajstić information content (AvgIpc) is 3.02. The molecule has 2 N–H and O–H groups in total. The van der Waals surface area contributed by atoms with Crippen molar-refractivity contribution in [1.29, 1.82) is 0 Å². The number of esters is 1. The Hall–Kier alpha value is -1.99. The van der Waals surface area contributed by atoms with Gasteiger partial charge in [-0.15, -0.1) is 0 Å². The van der Waals surface area contributed by atoms with Gasteiger partial charge < -0.3 is 19.9 Å². The van der Waals surface area contributed by atoms with Crippen molar-refractivity contribution in [1.82, 2.24) is 5.32 Å². The normalized spacial score (nSPS) is 15.0. The quantitative estimate of drug-likeness (QED) is 0.486. The van der Waals surface area contributed by atoms with Crippen LogP contribution in [0.5, 0.6) is 0 Å². The van der Waals surface area contributed by atoms with Gasteiger partial charge in [-0.3, -0.25) is 0 Å². The zero-order valence-electron chi connectivity index (χ0n) is 16.0. The molecule has 0 spiro atoms. The number of carbonyl (C=O) groups is 2. The van der Waals surface area contributed by atoms with E-state index in [1.54, 1.807) is 0 Å². The second-order valence-electron chi connectivity index (χ2n) is 6.91. The van der Waals surface area contributed by atoms with E-state index in [0.717, 1.165) is 22.3 Å². The Labute approximate surface area is 189 Å². The molecule has 9 heteroatoms. The van der Waals surface area contributed by atoms with Crippen LogP contribution in [0.1, 0.15) is 24.0 Å². The minimum absolute atomic E-state index is 0.0651. The van der Waals surface area contributed by atoms with Crippen molar-refractivity contribution in [2.24, 2.45) is 0 Å². The highest BCUT2D eigenvalue weighted by atomic mass is 35.6. The molecule has 0 aliphatic heterocycles. The fourth-order valence-corrected chi connectivity index (χ4v) is 3.55. The maximum atomic E-state index is 12.3. The molecule has 0 saturated heterocycles. The molecular formula is C21H20Cl3NO5. The van der Waals surface area contributed by atoms with Crippen molar-refractivity contribution in [3.05, 3.63) is 59.7 Å². The summed E-state index contributed by atoms with van der Waals surface area (Å²) in [6.07, 6.45) is -2.11. The molecule has 0 saturated carbocycles. The smallest absolute Gasteiger partial charge is 0.407 e. The lowest BCUT2D eigenvalue weighted by Gasteiger charge is -2.22. The molecule has 0 radical (unpaired) electrons. The highest BCUT2D eigenvalue weighted by Gasteiger charge is 2.32.